The Bertz CT molecular complexity index is 283. The van der Waals surface area contributed by atoms with Gasteiger partial charge in [-0.3, -0.25) is 9.59 Å². The molecule has 0 saturated carbocycles. The first kappa shape index (κ1) is 13.4. The first-order valence-electron chi connectivity index (χ1n) is 5.68. The van der Waals surface area contributed by atoms with Crippen LogP contribution in [-0.2, 0) is 9.59 Å². The van der Waals surface area contributed by atoms with E-state index in [1.165, 1.54) is 0 Å². The lowest BCUT2D eigenvalue weighted by Crippen LogP contribution is -2.58. The van der Waals surface area contributed by atoms with Crippen LogP contribution in [0.15, 0.2) is 0 Å². The molecule has 1 unspecified atom stereocenters. The number of nitrogens with zero attached hydrogens (tertiary/aromatic N) is 1. The van der Waals surface area contributed by atoms with Gasteiger partial charge in [0.25, 0.3) is 0 Å². The molecule has 0 spiro atoms. The molecule has 1 saturated heterocycles. The van der Waals surface area contributed by atoms with Crippen LogP contribution >= 0.6 is 11.8 Å². The molecular formula is C11H20N2O2S. The molecule has 0 radical (unpaired) electrons. The van der Waals surface area contributed by atoms with Crippen molar-refractivity contribution in [2.75, 3.05) is 18.6 Å². The zero-order valence-electron chi connectivity index (χ0n) is 9.99. The monoisotopic (exact) mass is 244 g/mol. The molecule has 0 bridgehead atoms. The van der Waals surface area contributed by atoms with E-state index in [2.05, 4.69) is 0 Å². The highest BCUT2D eigenvalue weighted by Crippen LogP contribution is 2.30. The quantitative estimate of drug-likeness (QED) is 0.758. The van der Waals surface area contributed by atoms with Crippen molar-refractivity contribution in [1.29, 1.82) is 0 Å². The SMILES string of the molecule is CCC(CCSC)(C(N)=O)N1CCCC1=O. The molecular weight excluding hydrogens is 224 g/mol. The molecule has 1 atom stereocenters. The molecule has 1 rings (SSSR count). The summed E-state index contributed by atoms with van der Waals surface area (Å²) in [7, 11) is 0. The van der Waals surface area contributed by atoms with Crippen molar-refractivity contribution in [2.45, 2.75) is 38.1 Å². The molecule has 1 heterocycles. The normalized spacial score (nSPS) is 19.9. The minimum absolute atomic E-state index is 0.0711. The summed E-state index contributed by atoms with van der Waals surface area (Å²) in [5.41, 5.74) is 4.77. The van der Waals surface area contributed by atoms with Gasteiger partial charge in [-0.25, -0.2) is 0 Å². The fourth-order valence-corrected chi connectivity index (χ4v) is 2.85. The number of amides is 2. The summed E-state index contributed by atoms with van der Waals surface area (Å²) in [6.45, 7) is 2.60. The Morgan fingerprint density at radius 1 is 1.62 bits per heavy atom. The fourth-order valence-electron chi connectivity index (χ4n) is 2.30. The van der Waals surface area contributed by atoms with Gasteiger partial charge in [0.15, 0.2) is 0 Å². The van der Waals surface area contributed by atoms with Crippen LogP contribution in [0.25, 0.3) is 0 Å². The first-order chi connectivity index (χ1) is 7.58. The summed E-state index contributed by atoms with van der Waals surface area (Å²) in [6, 6.07) is 0. The Hall–Kier alpha value is -0.710. The smallest absolute Gasteiger partial charge is 0.243 e. The van der Waals surface area contributed by atoms with E-state index in [-0.39, 0.29) is 11.8 Å². The van der Waals surface area contributed by atoms with Gasteiger partial charge in [-0.1, -0.05) is 6.92 Å². The Kier molecular flexibility index (Phi) is 4.65. The van der Waals surface area contributed by atoms with E-state index in [0.29, 0.717) is 25.8 Å². The lowest BCUT2D eigenvalue weighted by Gasteiger charge is -2.38. The van der Waals surface area contributed by atoms with Crippen molar-refractivity contribution >= 4 is 23.6 Å². The third kappa shape index (κ3) is 2.34. The van der Waals surface area contributed by atoms with Gasteiger partial charge in [0.05, 0.1) is 0 Å². The van der Waals surface area contributed by atoms with Crippen LogP contribution in [0.5, 0.6) is 0 Å². The summed E-state index contributed by atoms with van der Waals surface area (Å²) in [5, 5.41) is 0. The van der Waals surface area contributed by atoms with E-state index in [9.17, 15) is 9.59 Å². The lowest BCUT2D eigenvalue weighted by molar-refractivity contribution is -0.143. The van der Waals surface area contributed by atoms with Crippen LogP contribution in [0, 0.1) is 0 Å². The van der Waals surface area contributed by atoms with Crippen LogP contribution in [-0.4, -0.2) is 40.8 Å². The highest BCUT2D eigenvalue weighted by Gasteiger charge is 2.44. The maximum Gasteiger partial charge on any atom is 0.243 e. The van der Waals surface area contributed by atoms with Gasteiger partial charge in [0, 0.05) is 13.0 Å². The summed E-state index contributed by atoms with van der Waals surface area (Å²) in [4.78, 5) is 25.2. The summed E-state index contributed by atoms with van der Waals surface area (Å²) in [6.07, 6.45) is 4.65. The largest absolute Gasteiger partial charge is 0.368 e. The average molecular weight is 244 g/mol. The molecule has 0 aromatic rings. The number of carbonyl (C=O) groups excluding carboxylic acids is 2. The van der Waals surface area contributed by atoms with E-state index in [4.69, 9.17) is 5.73 Å². The third-order valence-electron chi connectivity index (χ3n) is 3.35. The van der Waals surface area contributed by atoms with Gasteiger partial charge in [-0.15, -0.1) is 0 Å². The Morgan fingerprint density at radius 3 is 2.69 bits per heavy atom. The predicted molar refractivity (Wildman–Crippen MR) is 66.2 cm³/mol. The van der Waals surface area contributed by atoms with E-state index < -0.39 is 5.54 Å². The molecule has 92 valence electrons. The fraction of sp³-hybridized carbons (Fsp3) is 0.818. The van der Waals surface area contributed by atoms with Crippen molar-refractivity contribution in [3.8, 4) is 0 Å². The first-order valence-corrected chi connectivity index (χ1v) is 7.07. The molecule has 0 aliphatic carbocycles. The van der Waals surface area contributed by atoms with Crippen molar-refractivity contribution < 1.29 is 9.59 Å². The second-order valence-electron chi connectivity index (χ2n) is 4.14. The summed E-state index contributed by atoms with van der Waals surface area (Å²) in [5.74, 6) is 0.557. The number of hydrogen-bond acceptors (Lipinski definition) is 3. The van der Waals surface area contributed by atoms with Crippen LogP contribution in [0.3, 0.4) is 0 Å². The maximum atomic E-state index is 11.8. The number of nitrogens with two attached hydrogens (primary N) is 1. The van der Waals surface area contributed by atoms with Crippen molar-refractivity contribution in [3.05, 3.63) is 0 Å². The van der Waals surface area contributed by atoms with Gasteiger partial charge in [0.1, 0.15) is 5.54 Å². The van der Waals surface area contributed by atoms with Gasteiger partial charge >= 0.3 is 0 Å². The van der Waals surface area contributed by atoms with Crippen molar-refractivity contribution in [2.24, 2.45) is 5.73 Å². The molecule has 4 nitrogen and oxygen atoms in total. The minimum Gasteiger partial charge on any atom is -0.368 e. The molecule has 2 N–H and O–H groups in total. The predicted octanol–water partition coefficient (Wildman–Crippen LogP) is 0.996. The molecule has 0 aromatic heterocycles. The van der Waals surface area contributed by atoms with Crippen LogP contribution in [0.4, 0.5) is 0 Å². The Balaban J connectivity index is 2.91. The highest BCUT2D eigenvalue weighted by molar-refractivity contribution is 7.98. The lowest BCUT2D eigenvalue weighted by atomic mass is 9.90. The number of primary amides is 1. The Labute approximate surface area is 101 Å². The van der Waals surface area contributed by atoms with Crippen LogP contribution in [0.2, 0.25) is 0 Å². The van der Waals surface area contributed by atoms with E-state index in [1.54, 1.807) is 16.7 Å². The molecule has 2 amide bonds. The van der Waals surface area contributed by atoms with Gasteiger partial charge in [-0.2, -0.15) is 11.8 Å². The minimum atomic E-state index is -0.753. The molecule has 5 heteroatoms. The van der Waals surface area contributed by atoms with E-state index in [1.807, 2.05) is 13.2 Å². The van der Waals surface area contributed by atoms with Gasteiger partial charge in [-0.05, 0) is 31.3 Å². The third-order valence-corrected chi connectivity index (χ3v) is 3.97. The molecule has 1 fully saturated rings. The van der Waals surface area contributed by atoms with E-state index >= 15 is 0 Å². The Morgan fingerprint density at radius 2 is 2.31 bits per heavy atom. The number of carbonyl (C=O) groups is 2. The molecule has 1 aliphatic heterocycles. The topological polar surface area (TPSA) is 63.4 Å². The molecule has 1 aliphatic rings. The van der Waals surface area contributed by atoms with Gasteiger partial charge < -0.3 is 10.6 Å². The average Bonchev–Trinajstić information content (AvgIpc) is 2.67. The zero-order valence-corrected chi connectivity index (χ0v) is 10.8. The second kappa shape index (κ2) is 5.57. The highest BCUT2D eigenvalue weighted by atomic mass is 32.2. The number of hydrogen-bond donors (Lipinski definition) is 1. The van der Waals surface area contributed by atoms with Crippen molar-refractivity contribution in [1.82, 2.24) is 4.90 Å². The van der Waals surface area contributed by atoms with Crippen LogP contribution in [0.1, 0.15) is 32.6 Å². The standard InChI is InChI=1S/C11H20N2O2S/c1-3-11(10(12)15,6-8-16-2)13-7-4-5-9(13)14/h3-8H2,1-2H3,(H2,12,15). The molecule has 16 heavy (non-hydrogen) atoms. The summed E-state index contributed by atoms with van der Waals surface area (Å²) >= 11 is 1.68. The van der Waals surface area contributed by atoms with Crippen LogP contribution < -0.4 is 5.73 Å². The van der Waals surface area contributed by atoms with Gasteiger partial charge in [0.2, 0.25) is 11.8 Å². The molecule has 0 aromatic carbocycles. The number of thioether (sulfide) groups is 1. The number of likely N-dealkylation sites (tertiary alicyclic amines) is 1. The maximum absolute atomic E-state index is 11.8. The second-order valence-corrected chi connectivity index (χ2v) is 5.13. The van der Waals surface area contributed by atoms with E-state index in [0.717, 1.165) is 12.2 Å². The van der Waals surface area contributed by atoms with Crippen molar-refractivity contribution in [3.63, 3.8) is 0 Å². The zero-order chi connectivity index (χ0) is 12.2. The summed E-state index contributed by atoms with van der Waals surface area (Å²) < 4.78 is 0. The number of rotatable bonds is 6.